The Kier molecular flexibility index (Phi) is 4.48. The van der Waals surface area contributed by atoms with Gasteiger partial charge in [-0.1, -0.05) is 26.2 Å². The zero-order valence-corrected chi connectivity index (χ0v) is 11.6. The predicted molar refractivity (Wildman–Crippen MR) is 71.9 cm³/mol. The number of methoxy groups -OCH3 is 1. The molecule has 0 aromatic rings. The second kappa shape index (κ2) is 5.71. The molecule has 2 saturated carbocycles. The van der Waals surface area contributed by atoms with Crippen molar-refractivity contribution in [3.63, 3.8) is 0 Å². The molecule has 0 amide bonds. The normalized spacial score (nSPS) is 34.1. The topological polar surface area (TPSA) is 35.2 Å². The standard InChI is InChI=1S/C15H29NO/c1-3-12-5-7-13(8-6-12)14(16)11-15(17-2)9-4-10-15/h12-14H,3-11,16H2,1-2H3. The van der Waals surface area contributed by atoms with Crippen molar-refractivity contribution < 1.29 is 4.74 Å². The van der Waals surface area contributed by atoms with Gasteiger partial charge in [-0.15, -0.1) is 0 Å². The quantitative estimate of drug-likeness (QED) is 0.797. The highest BCUT2D eigenvalue weighted by Gasteiger charge is 2.40. The van der Waals surface area contributed by atoms with Gasteiger partial charge in [-0.2, -0.15) is 0 Å². The van der Waals surface area contributed by atoms with E-state index in [2.05, 4.69) is 6.92 Å². The first-order valence-corrected chi connectivity index (χ1v) is 7.50. The molecule has 1 unspecified atom stereocenters. The number of rotatable bonds is 5. The molecule has 100 valence electrons. The molecule has 0 aromatic carbocycles. The van der Waals surface area contributed by atoms with Crippen LogP contribution in [0.25, 0.3) is 0 Å². The number of hydrogen-bond donors (Lipinski definition) is 1. The summed E-state index contributed by atoms with van der Waals surface area (Å²) in [5.74, 6) is 1.73. The zero-order valence-electron chi connectivity index (χ0n) is 11.6. The molecule has 17 heavy (non-hydrogen) atoms. The van der Waals surface area contributed by atoms with Crippen LogP contribution in [-0.2, 0) is 4.74 Å². The molecule has 2 heteroatoms. The smallest absolute Gasteiger partial charge is 0.0693 e. The van der Waals surface area contributed by atoms with Crippen LogP contribution in [0.3, 0.4) is 0 Å². The Morgan fingerprint density at radius 2 is 1.88 bits per heavy atom. The number of hydrogen-bond acceptors (Lipinski definition) is 2. The SMILES string of the molecule is CCC1CCC(C(N)CC2(OC)CCC2)CC1. The van der Waals surface area contributed by atoms with Crippen LogP contribution in [0, 0.1) is 11.8 Å². The van der Waals surface area contributed by atoms with Crippen molar-refractivity contribution in [3.8, 4) is 0 Å². The van der Waals surface area contributed by atoms with E-state index in [4.69, 9.17) is 10.5 Å². The zero-order chi connectivity index (χ0) is 12.3. The molecule has 0 bridgehead atoms. The van der Waals surface area contributed by atoms with E-state index in [0.29, 0.717) is 6.04 Å². The minimum Gasteiger partial charge on any atom is -0.378 e. The van der Waals surface area contributed by atoms with E-state index in [1.165, 1.54) is 51.4 Å². The Balaban J connectivity index is 1.78. The van der Waals surface area contributed by atoms with Crippen LogP contribution in [0.4, 0.5) is 0 Å². The molecule has 2 N–H and O–H groups in total. The summed E-state index contributed by atoms with van der Waals surface area (Å²) < 4.78 is 5.70. The van der Waals surface area contributed by atoms with Gasteiger partial charge in [0.15, 0.2) is 0 Å². The largest absolute Gasteiger partial charge is 0.378 e. The molecular weight excluding hydrogens is 210 g/mol. The second-order valence-corrected chi connectivity index (χ2v) is 6.30. The summed E-state index contributed by atoms with van der Waals surface area (Å²) in [7, 11) is 1.86. The van der Waals surface area contributed by atoms with E-state index >= 15 is 0 Å². The minimum atomic E-state index is 0.154. The van der Waals surface area contributed by atoms with Gasteiger partial charge in [0.25, 0.3) is 0 Å². The maximum atomic E-state index is 6.43. The first kappa shape index (κ1) is 13.4. The fourth-order valence-corrected chi connectivity index (χ4v) is 3.68. The van der Waals surface area contributed by atoms with Crippen molar-refractivity contribution in [2.75, 3.05) is 7.11 Å². The van der Waals surface area contributed by atoms with Crippen LogP contribution in [0.2, 0.25) is 0 Å². The summed E-state index contributed by atoms with van der Waals surface area (Å²) in [5.41, 5.74) is 6.58. The summed E-state index contributed by atoms with van der Waals surface area (Å²) in [4.78, 5) is 0. The molecule has 2 aliphatic carbocycles. The molecule has 2 fully saturated rings. The third-order valence-electron chi connectivity index (χ3n) is 5.38. The average molecular weight is 239 g/mol. The molecule has 0 spiro atoms. The van der Waals surface area contributed by atoms with Crippen LogP contribution < -0.4 is 5.73 Å². The van der Waals surface area contributed by atoms with Gasteiger partial charge in [0.05, 0.1) is 5.60 Å². The molecule has 2 aliphatic rings. The maximum absolute atomic E-state index is 6.43. The molecule has 0 aliphatic heterocycles. The third-order valence-corrected chi connectivity index (χ3v) is 5.38. The lowest BCUT2D eigenvalue weighted by Gasteiger charge is -2.44. The monoisotopic (exact) mass is 239 g/mol. The van der Waals surface area contributed by atoms with Gasteiger partial charge in [-0.3, -0.25) is 0 Å². The van der Waals surface area contributed by atoms with Gasteiger partial charge < -0.3 is 10.5 Å². The van der Waals surface area contributed by atoms with E-state index in [1.807, 2.05) is 7.11 Å². The third kappa shape index (κ3) is 3.03. The van der Waals surface area contributed by atoms with Gasteiger partial charge in [0.1, 0.15) is 0 Å². The highest BCUT2D eigenvalue weighted by Crippen LogP contribution is 2.41. The molecule has 1 atom stereocenters. The van der Waals surface area contributed by atoms with Crippen molar-refractivity contribution in [2.24, 2.45) is 17.6 Å². The van der Waals surface area contributed by atoms with Gasteiger partial charge in [-0.05, 0) is 50.4 Å². The summed E-state index contributed by atoms with van der Waals surface area (Å²) in [5, 5.41) is 0. The first-order valence-electron chi connectivity index (χ1n) is 7.50. The van der Waals surface area contributed by atoms with Crippen molar-refractivity contribution in [2.45, 2.75) is 76.4 Å². The molecule has 0 radical (unpaired) electrons. The van der Waals surface area contributed by atoms with Crippen molar-refractivity contribution >= 4 is 0 Å². The van der Waals surface area contributed by atoms with Crippen molar-refractivity contribution in [1.82, 2.24) is 0 Å². The Morgan fingerprint density at radius 1 is 1.24 bits per heavy atom. The summed E-state index contributed by atoms with van der Waals surface area (Å²) >= 11 is 0. The Morgan fingerprint density at radius 3 is 2.29 bits per heavy atom. The lowest BCUT2D eigenvalue weighted by atomic mass is 9.70. The van der Waals surface area contributed by atoms with E-state index in [0.717, 1.165) is 18.3 Å². The van der Waals surface area contributed by atoms with Gasteiger partial charge >= 0.3 is 0 Å². The molecule has 0 aromatic heterocycles. The van der Waals surface area contributed by atoms with E-state index < -0.39 is 0 Å². The van der Waals surface area contributed by atoms with E-state index in [9.17, 15) is 0 Å². The minimum absolute atomic E-state index is 0.154. The van der Waals surface area contributed by atoms with E-state index in [1.54, 1.807) is 0 Å². The summed E-state index contributed by atoms with van der Waals surface area (Å²) in [6.45, 7) is 2.32. The Hall–Kier alpha value is -0.0800. The highest BCUT2D eigenvalue weighted by molar-refractivity contribution is 4.94. The number of ether oxygens (including phenoxy) is 1. The second-order valence-electron chi connectivity index (χ2n) is 6.30. The average Bonchev–Trinajstić information content (AvgIpc) is 2.33. The van der Waals surface area contributed by atoms with Crippen molar-refractivity contribution in [3.05, 3.63) is 0 Å². The fraction of sp³-hybridized carbons (Fsp3) is 1.00. The van der Waals surface area contributed by atoms with E-state index in [-0.39, 0.29) is 5.60 Å². The summed E-state index contributed by atoms with van der Waals surface area (Å²) in [6.07, 6.45) is 11.7. The lowest BCUT2D eigenvalue weighted by molar-refractivity contribution is -0.0854. The van der Waals surface area contributed by atoms with Gasteiger partial charge in [0, 0.05) is 13.2 Å². The van der Waals surface area contributed by atoms with Crippen LogP contribution in [-0.4, -0.2) is 18.8 Å². The van der Waals surface area contributed by atoms with Gasteiger partial charge in [-0.25, -0.2) is 0 Å². The van der Waals surface area contributed by atoms with Crippen LogP contribution in [0.15, 0.2) is 0 Å². The number of nitrogens with two attached hydrogens (primary N) is 1. The van der Waals surface area contributed by atoms with Crippen LogP contribution in [0.1, 0.15) is 64.7 Å². The molecule has 2 rings (SSSR count). The highest BCUT2D eigenvalue weighted by atomic mass is 16.5. The van der Waals surface area contributed by atoms with Crippen molar-refractivity contribution in [1.29, 1.82) is 0 Å². The van der Waals surface area contributed by atoms with Gasteiger partial charge in [0.2, 0.25) is 0 Å². The van der Waals surface area contributed by atoms with Crippen LogP contribution >= 0.6 is 0 Å². The van der Waals surface area contributed by atoms with Crippen LogP contribution in [0.5, 0.6) is 0 Å². The molecule has 2 nitrogen and oxygen atoms in total. The predicted octanol–water partition coefficient (Wildman–Crippen LogP) is 3.49. The molecular formula is C15H29NO. The Labute approximate surface area is 106 Å². The maximum Gasteiger partial charge on any atom is 0.0693 e. The summed E-state index contributed by atoms with van der Waals surface area (Å²) in [6, 6.07) is 0.369. The first-order chi connectivity index (χ1) is 8.19. The molecule has 0 heterocycles. The fourth-order valence-electron chi connectivity index (χ4n) is 3.68. The lowest BCUT2D eigenvalue weighted by Crippen LogP contribution is -2.47. The molecule has 0 saturated heterocycles. The Bertz CT molecular complexity index is 224.